The third-order valence-electron chi connectivity index (χ3n) is 5.48. The monoisotopic (exact) mass is 418 g/mol. The number of benzene rings is 1. The molecule has 3 saturated carbocycles. The predicted octanol–water partition coefficient (Wildman–Crippen LogP) is 4.01. The van der Waals surface area contributed by atoms with Crippen molar-refractivity contribution in [2.75, 3.05) is 6.61 Å². The molecule has 28 heavy (non-hydrogen) atoms. The van der Waals surface area contributed by atoms with Crippen molar-refractivity contribution in [3.8, 4) is 5.75 Å². The first-order valence-electron chi connectivity index (χ1n) is 9.18. The van der Waals surface area contributed by atoms with Gasteiger partial charge in [0.25, 0.3) is 0 Å². The molecule has 2 aromatic rings. The van der Waals surface area contributed by atoms with Crippen molar-refractivity contribution in [2.24, 2.45) is 5.41 Å². The van der Waals surface area contributed by atoms with Crippen LogP contribution < -0.4 is 10.1 Å². The van der Waals surface area contributed by atoms with Crippen LogP contribution in [0.4, 0.5) is 0 Å². The predicted molar refractivity (Wildman–Crippen MR) is 107 cm³/mol. The largest absolute Gasteiger partial charge is 0.486 e. The maximum Gasteiger partial charge on any atom is 0.226 e. The fraction of sp³-hybridized carbons (Fsp3) is 0.381. The molecular weight excluding hydrogens is 399 g/mol. The van der Waals surface area contributed by atoms with Gasteiger partial charge in [-0.25, -0.2) is 0 Å². The molecule has 1 aromatic carbocycles. The summed E-state index contributed by atoms with van der Waals surface area (Å²) in [6, 6.07) is 10.5. The van der Waals surface area contributed by atoms with E-state index >= 15 is 0 Å². The molecule has 0 aliphatic heterocycles. The Labute approximate surface area is 173 Å². The van der Waals surface area contributed by atoms with E-state index in [-0.39, 0.29) is 35.7 Å². The summed E-state index contributed by atoms with van der Waals surface area (Å²) < 4.78 is 5.52. The zero-order chi connectivity index (χ0) is 19.8. The lowest BCUT2D eigenvalue weighted by Crippen LogP contribution is -2.75. The van der Waals surface area contributed by atoms with Crippen molar-refractivity contribution in [2.45, 2.75) is 37.6 Å². The van der Waals surface area contributed by atoms with Crippen LogP contribution in [0.15, 0.2) is 42.6 Å². The maximum atomic E-state index is 12.3. The van der Waals surface area contributed by atoms with Gasteiger partial charge in [0.2, 0.25) is 5.91 Å². The Hall–Kier alpha value is -2.11. The minimum Gasteiger partial charge on any atom is -0.486 e. The van der Waals surface area contributed by atoms with Gasteiger partial charge in [0.05, 0.1) is 16.5 Å². The van der Waals surface area contributed by atoms with E-state index in [9.17, 15) is 9.59 Å². The zero-order valence-corrected chi connectivity index (χ0v) is 16.7. The average molecular weight is 419 g/mol. The van der Waals surface area contributed by atoms with Crippen LogP contribution in [-0.4, -0.2) is 28.8 Å². The third kappa shape index (κ3) is 4.01. The summed E-state index contributed by atoms with van der Waals surface area (Å²) in [5.74, 6) is 0.569. The summed E-state index contributed by atoms with van der Waals surface area (Å²) in [5, 5.41) is 3.97. The van der Waals surface area contributed by atoms with E-state index in [1.54, 1.807) is 24.4 Å². The van der Waals surface area contributed by atoms with Crippen LogP contribution >= 0.6 is 23.2 Å². The van der Waals surface area contributed by atoms with Gasteiger partial charge in [0.15, 0.2) is 5.78 Å². The van der Waals surface area contributed by atoms with Crippen molar-refractivity contribution >= 4 is 34.9 Å². The molecule has 0 radical (unpaired) electrons. The molecule has 0 atom stereocenters. The highest BCUT2D eigenvalue weighted by Crippen LogP contribution is 2.69. The van der Waals surface area contributed by atoms with E-state index in [1.165, 1.54) is 0 Å². The van der Waals surface area contributed by atoms with E-state index in [4.69, 9.17) is 27.9 Å². The molecule has 1 amide bonds. The summed E-state index contributed by atoms with van der Waals surface area (Å²) in [5.41, 5.74) is 0.656. The normalized spacial score (nSPS) is 24.6. The van der Waals surface area contributed by atoms with E-state index in [1.807, 2.05) is 18.2 Å². The summed E-state index contributed by atoms with van der Waals surface area (Å²) in [7, 11) is 0. The molecule has 1 heterocycles. The lowest BCUT2D eigenvalue weighted by Gasteiger charge is -2.70. The second kappa shape index (κ2) is 7.37. The van der Waals surface area contributed by atoms with Crippen LogP contribution in [0.25, 0.3) is 0 Å². The van der Waals surface area contributed by atoms with E-state index < -0.39 is 0 Å². The fourth-order valence-corrected chi connectivity index (χ4v) is 4.81. The number of hydrogen-bond donors (Lipinski definition) is 1. The quantitative estimate of drug-likeness (QED) is 0.702. The number of carbonyl (C=O) groups excluding carboxylic acids is 2. The highest BCUT2D eigenvalue weighted by atomic mass is 35.5. The number of pyridine rings is 1. The Balaban J connectivity index is 1.20. The second-order valence-electron chi connectivity index (χ2n) is 7.94. The first-order valence-corrected chi connectivity index (χ1v) is 9.93. The van der Waals surface area contributed by atoms with Crippen LogP contribution in [0.2, 0.25) is 10.0 Å². The minimum absolute atomic E-state index is 0.0126. The van der Waals surface area contributed by atoms with Gasteiger partial charge in [-0.1, -0.05) is 29.3 Å². The molecule has 0 unspecified atom stereocenters. The van der Waals surface area contributed by atoms with Gasteiger partial charge >= 0.3 is 0 Å². The Bertz CT molecular complexity index is 897. The van der Waals surface area contributed by atoms with Gasteiger partial charge in [0.1, 0.15) is 12.4 Å². The Morgan fingerprint density at radius 1 is 1.11 bits per heavy atom. The number of halogens is 2. The van der Waals surface area contributed by atoms with Gasteiger partial charge in [-0.3, -0.25) is 14.6 Å². The van der Waals surface area contributed by atoms with E-state index in [0.717, 1.165) is 25.0 Å². The zero-order valence-electron chi connectivity index (χ0n) is 15.2. The second-order valence-corrected chi connectivity index (χ2v) is 8.75. The number of nitrogens with zero attached hydrogens (tertiary/aromatic N) is 1. The molecule has 146 valence electrons. The molecule has 7 heteroatoms. The van der Waals surface area contributed by atoms with Gasteiger partial charge < -0.3 is 10.1 Å². The number of rotatable bonds is 8. The fourth-order valence-electron chi connectivity index (χ4n) is 4.53. The van der Waals surface area contributed by atoms with Crippen molar-refractivity contribution in [1.82, 2.24) is 10.3 Å². The van der Waals surface area contributed by atoms with E-state index in [2.05, 4.69) is 10.3 Å². The molecule has 1 aromatic heterocycles. The van der Waals surface area contributed by atoms with Gasteiger partial charge in [-0.05, 0) is 48.9 Å². The number of aromatic nitrogens is 1. The molecule has 5 rings (SSSR count). The van der Waals surface area contributed by atoms with Gasteiger partial charge in [-0.15, -0.1) is 0 Å². The molecular formula is C21H20Cl2N2O3. The summed E-state index contributed by atoms with van der Waals surface area (Å²) in [6.07, 6.45) is 5.01. The number of carbonyl (C=O) groups is 2. The van der Waals surface area contributed by atoms with Crippen molar-refractivity contribution < 1.29 is 14.3 Å². The van der Waals surface area contributed by atoms with Gasteiger partial charge in [-0.2, -0.15) is 0 Å². The summed E-state index contributed by atoms with van der Waals surface area (Å²) >= 11 is 11.8. The maximum absolute atomic E-state index is 12.3. The first-order chi connectivity index (χ1) is 13.4. The van der Waals surface area contributed by atoms with E-state index in [0.29, 0.717) is 22.2 Å². The Kier molecular flexibility index (Phi) is 5.06. The first kappa shape index (κ1) is 19.2. The van der Waals surface area contributed by atoms with Gasteiger partial charge in [0, 0.05) is 29.9 Å². The molecule has 0 spiro atoms. The number of nitrogens with one attached hydrogen (secondary N) is 1. The van der Waals surface area contributed by atoms with Crippen LogP contribution in [0.3, 0.4) is 0 Å². The molecule has 2 bridgehead atoms. The van der Waals surface area contributed by atoms with Crippen molar-refractivity contribution in [3.05, 3.63) is 58.3 Å². The number of ketones is 1. The van der Waals surface area contributed by atoms with Crippen molar-refractivity contribution in [1.29, 1.82) is 0 Å². The smallest absolute Gasteiger partial charge is 0.226 e. The van der Waals surface area contributed by atoms with Crippen LogP contribution in [0, 0.1) is 5.41 Å². The minimum atomic E-state index is -0.128. The molecule has 1 N–H and O–H groups in total. The summed E-state index contributed by atoms with van der Waals surface area (Å²) in [6.45, 7) is 0.0126. The average Bonchev–Trinajstić information content (AvgIpc) is 2.60. The van der Waals surface area contributed by atoms with Crippen LogP contribution in [-0.2, 0) is 16.0 Å². The standard InChI is InChI=1S/C21H20Cl2N2O3/c22-17-5-4-16(8-18(17)23)28-10-15(26)9-20-11-21(12-20,13-20)25-19(27)7-14-3-1-2-6-24-14/h1-6,8H,7,9-13H2,(H,25,27). The van der Waals surface area contributed by atoms with Crippen molar-refractivity contribution in [3.63, 3.8) is 0 Å². The number of amides is 1. The van der Waals surface area contributed by atoms with Crippen LogP contribution in [0.1, 0.15) is 31.4 Å². The molecule has 3 aliphatic rings. The van der Waals surface area contributed by atoms with Crippen LogP contribution in [0.5, 0.6) is 5.75 Å². The molecule has 3 fully saturated rings. The molecule has 3 aliphatic carbocycles. The molecule has 0 saturated heterocycles. The topological polar surface area (TPSA) is 68.3 Å². The highest BCUT2D eigenvalue weighted by Gasteiger charge is 2.68. The lowest BCUT2D eigenvalue weighted by atomic mass is 9.38. The number of hydrogen-bond acceptors (Lipinski definition) is 4. The highest BCUT2D eigenvalue weighted by molar-refractivity contribution is 6.42. The Morgan fingerprint density at radius 3 is 2.57 bits per heavy atom. The number of ether oxygens (including phenoxy) is 1. The lowest BCUT2D eigenvalue weighted by molar-refractivity contribution is -0.172. The summed E-state index contributed by atoms with van der Waals surface area (Å²) in [4.78, 5) is 28.7. The number of Topliss-reactive ketones (excluding diaryl/α,β-unsaturated/α-hetero) is 1. The Morgan fingerprint density at radius 2 is 1.89 bits per heavy atom. The SMILES string of the molecule is O=C(COc1ccc(Cl)c(Cl)c1)CC12CC(NC(=O)Cc3ccccn3)(C1)C2. The third-order valence-corrected chi connectivity index (χ3v) is 6.21. The molecule has 5 nitrogen and oxygen atoms in total.